The van der Waals surface area contributed by atoms with Gasteiger partial charge in [0.2, 0.25) is 0 Å². The third-order valence-corrected chi connectivity index (χ3v) is 7.79. The van der Waals surface area contributed by atoms with Crippen molar-refractivity contribution in [2.45, 2.75) is 42.1 Å². The Kier molecular flexibility index (Phi) is 9.44. The maximum Gasteiger partial charge on any atom is 0.166 e. The van der Waals surface area contributed by atoms with Crippen LogP contribution in [0.3, 0.4) is 0 Å². The summed E-state index contributed by atoms with van der Waals surface area (Å²) in [5.74, 6) is 1.81. The van der Waals surface area contributed by atoms with E-state index < -0.39 is 0 Å². The maximum atomic E-state index is 9.17. The second-order valence-corrected chi connectivity index (χ2v) is 10.4. The third-order valence-electron chi connectivity index (χ3n) is 5.77. The first-order valence-corrected chi connectivity index (χ1v) is 13.7. The molecule has 4 rings (SSSR count). The lowest BCUT2D eigenvalue weighted by molar-refractivity contribution is 0.245. The van der Waals surface area contributed by atoms with E-state index >= 15 is 0 Å². The first-order chi connectivity index (χ1) is 16.7. The van der Waals surface area contributed by atoms with Gasteiger partial charge in [-0.3, -0.25) is 9.88 Å². The van der Waals surface area contributed by atoms with Crippen molar-refractivity contribution in [3.8, 4) is 0 Å². The molecule has 34 heavy (non-hydrogen) atoms. The number of imidazole rings is 1. The molecule has 178 valence electrons. The summed E-state index contributed by atoms with van der Waals surface area (Å²) in [5, 5.41) is 10.1. The number of nitrogens with one attached hydrogen (secondary N) is 1. The maximum absolute atomic E-state index is 9.17. The van der Waals surface area contributed by atoms with Gasteiger partial charge in [-0.1, -0.05) is 54.2 Å². The van der Waals surface area contributed by atoms with Crippen LogP contribution < -0.4 is 0 Å². The Balaban J connectivity index is 1.32. The number of aliphatic hydroxyl groups is 1. The Labute approximate surface area is 210 Å². The van der Waals surface area contributed by atoms with Crippen molar-refractivity contribution in [1.29, 1.82) is 0 Å². The van der Waals surface area contributed by atoms with Crippen molar-refractivity contribution in [2.24, 2.45) is 0 Å². The number of aliphatic hydroxyl groups excluding tert-OH is 1. The Morgan fingerprint density at radius 3 is 2.59 bits per heavy atom. The van der Waals surface area contributed by atoms with E-state index in [1.54, 1.807) is 11.8 Å². The van der Waals surface area contributed by atoms with Crippen molar-refractivity contribution in [2.75, 3.05) is 25.4 Å². The van der Waals surface area contributed by atoms with Crippen LogP contribution in [0.2, 0.25) is 0 Å². The number of H-pyrrole nitrogens is 1. The minimum atomic E-state index is 0.263. The molecule has 4 aromatic rings. The number of thioether (sulfide) groups is 2. The van der Waals surface area contributed by atoms with E-state index in [0.717, 1.165) is 65.9 Å². The fraction of sp³-hybridized carbons (Fsp3) is 0.333. The smallest absolute Gasteiger partial charge is 0.166 e. The molecular weight excluding hydrogens is 460 g/mol. The van der Waals surface area contributed by atoms with E-state index in [1.165, 1.54) is 16.0 Å². The van der Waals surface area contributed by atoms with Gasteiger partial charge in [0.05, 0.1) is 16.7 Å². The Bertz CT molecular complexity index is 1130. The SMILES string of the molecule is Cc1c(SCCN(CCCCO)Cc2ccccc2)ccnc1CSc1nc2ccccc2[nH]1. The lowest BCUT2D eigenvalue weighted by Gasteiger charge is -2.22. The van der Waals surface area contributed by atoms with Gasteiger partial charge < -0.3 is 10.1 Å². The summed E-state index contributed by atoms with van der Waals surface area (Å²) in [4.78, 5) is 16.5. The zero-order valence-corrected chi connectivity index (χ0v) is 21.2. The summed E-state index contributed by atoms with van der Waals surface area (Å²) in [6.45, 7) is 5.40. The molecule has 0 atom stereocenters. The molecule has 2 heterocycles. The van der Waals surface area contributed by atoms with Crippen LogP contribution >= 0.6 is 23.5 Å². The molecule has 5 nitrogen and oxygen atoms in total. The monoisotopic (exact) mass is 492 g/mol. The van der Waals surface area contributed by atoms with E-state index in [1.807, 2.05) is 36.2 Å². The van der Waals surface area contributed by atoms with Crippen LogP contribution in [0.25, 0.3) is 11.0 Å². The predicted octanol–water partition coefficient (Wildman–Crippen LogP) is 5.93. The van der Waals surface area contributed by atoms with E-state index in [2.05, 4.69) is 69.2 Å². The van der Waals surface area contributed by atoms with Gasteiger partial charge in [-0.25, -0.2) is 4.98 Å². The molecule has 0 aliphatic heterocycles. The topological polar surface area (TPSA) is 65.0 Å². The first-order valence-electron chi connectivity index (χ1n) is 11.7. The number of aromatic amines is 1. The summed E-state index contributed by atoms with van der Waals surface area (Å²) in [7, 11) is 0. The molecule has 0 fully saturated rings. The molecule has 0 aliphatic carbocycles. The average molecular weight is 493 g/mol. The van der Waals surface area contributed by atoms with Crippen LogP contribution in [-0.4, -0.2) is 50.4 Å². The highest BCUT2D eigenvalue weighted by molar-refractivity contribution is 7.99. The normalized spacial score (nSPS) is 11.5. The molecule has 0 radical (unpaired) electrons. The van der Waals surface area contributed by atoms with E-state index in [4.69, 9.17) is 5.11 Å². The lowest BCUT2D eigenvalue weighted by atomic mass is 10.2. The number of aromatic nitrogens is 3. The highest BCUT2D eigenvalue weighted by Gasteiger charge is 2.11. The van der Waals surface area contributed by atoms with Crippen LogP contribution in [0.4, 0.5) is 0 Å². The summed E-state index contributed by atoms with van der Waals surface area (Å²) in [5.41, 5.74) is 5.77. The number of para-hydroxylation sites is 2. The van der Waals surface area contributed by atoms with E-state index in [9.17, 15) is 0 Å². The fourth-order valence-corrected chi connectivity index (χ4v) is 5.81. The summed E-state index contributed by atoms with van der Waals surface area (Å²) in [6, 6.07) is 20.9. The molecule has 0 spiro atoms. The summed E-state index contributed by atoms with van der Waals surface area (Å²) in [6.07, 6.45) is 3.80. The molecule has 0 amide bonds. The number of unbranched alkanes of at least 4 members (excludes halogenated alkanes) is 1. The van der Waals surface area contributed by atoms with Crippen molar-refractivity contribution in [3.63, 3.8) is 0 Å². The van der Waals surface area contributed by atoms with Gasteiger partial charge in [0.15, 0.2) is 5.16 Å². The zero-order valence-electron chi connectivity index (χ0n) is 19.6. The van der Waals surface area contributed by atoms with Gasteiger partial charge in [-0.05, 0) is 55.6 Å². The molecule has 2 aromatic heterocycles. The van der Waals surface area contributed by atoms with Gasteiger partial charge in [0, 0.05) is 42.3 Å². The number of pyridine rings is 1. The van der Waals surface area contributed by atoms with Gasteiger partial charge in [-0.2, -0.15) is 0 Å². The second kappa shape index (κ2) is 13.0. The molecule has 2 aromatic carbocycles. The molecule has 0 saturated carbocycles. The molecule has 0 aliphatic rings. The van der Waals surface area contributed by atoms with Gasteiger partial charge in [0.25, 0.3) is 0 Å². The minimum Gasteiger partial charge on any atom is -0.396 e. The highest BCUT2D eigenvalue weighted by Crippen LogP contribution is 2.28. The molecule has 2 N–H and O–H groups in total. The van der Waals surface area contributed by atoms with Crippen LogP contribution in [0.1, 0.15) is 29.7 Å². The zero-order chi connectivity index (χ0) is 23.6. The fourth-order valence-electron chi connectivity index (χ4n) is 3.84. The van der Waals surface area contributed by atoms with Gasteiger partial charge in [-0.15, -0.1) is 11.8 Å². The number of rotatable bonds is 13. The van der Waals surface area contributed by atoms with Crippen molar-refractivity contribution in [3.05, 3.63) is 83.7 Å². The van der Waals surface area contributed by atoms with Crippen molar-refractivity contribution in [1.82, 2.24) is 19.9 Å². The van der Waals surface area contributed by atoms with Crippen molar-refractivity contribution >= 4 is 34.6 Å². The Morgan fingerprint density at radius 1 is 0.941 bits per heavy atom. The van der Waals surface area contributed by atoms with Crippen molar-refractivity contribution < 1.29 is 5.11 Å². The number of nitrogens with zero attached hydrogens (tertiary/aromatic N) is 3. The number of hydrogen-bond donors (Lipinski definition) is 2. The predicted molar refractivity (Wildman–Crippen MR) is 143 cm³/mol. The molecule has 0 saturated heterocycles. The van der Waals surface area contributed by atoms with Crippen LogP contribution in [0.15, 0.2) is 76.9 Å². The van der Waals surface area contributed by atoms with E-state index in [-0.39, 0.29) is 6.61 Å². The van der Waals surface area contributed by atoms with E-state index in [0.29, 0.717) is 0 Å². The van der Waals surface area contributed by atoms with Gasteiger partial charge in [0.1, 0.15) is 0 Å². The minimum absolute atomic E-state index is 0.263. The molecule has 0 bridgehead atoms. The average Bonchev–Trinajstić information content (AvgIpc) is 3.28. The number of fused-ring (bicyclic) bond motifs is 1. The molecule has 0 unspecified atom stereocenters. The Morgan fingerprint density at radius 2 is 1.76 bits per heavy atom. The standard InChI is InChI=1S/C27H32N4OS2/c1-21-25(20-34-27-29-23-11-5-6-12-24(23)30-27)28-14-13-26(21)33-18-16-31(15-7-8-17-32)19-22-9-3-2-4-10-22/h2-6,9-14,32H,7-8,15-20H2,1H3,(H,29,30). The third kappa shape index (κ3) is 7.09. The van der Waals surface area contributed by atoms with Crippen LogP contribution in [0.5, 0.6) is 0 Å². The molecule has 7 heteroatoms. The summed E-state index contributed by atoms with van der Waals surface area (Å²) < 4.78 is 0. The second-order valence-electron chi connectivity index (χ2n) is 8.27. The first kappa shape index (κ1) is 24.8. The Hall–Kier alpha value is -2.32. The van der Waals surface area contributed by atoms with Gasteiger partial charge >= 0.3 is 0 Å². The lowest BCUT2D eigenvalue weighted by Crippen LogP contribution is -2.27. The highest BCUT2D eigenvalue weighted by atomic mass is 32.2. The summed E-state index contributed by atoms with van der Waals surface area (Å²) >= 11 is 3.60. The molecular formula is C27H32N4OS2. The number of hydrogen-bond acceptors (Lipinski definition) is 6. The quantitative estimate of drug-likeness (QED) is 0.178. The van der Waals surface area contributed by atoms with Crippen LogP contribution in [0, 0.1) is 6.92 Å². The largest absolute Gasteiger partial charge is 0.396 e. The van der Waals surface area contributed by atoms with Crippen LogP contribution in [-0.2, 0) is 12.3 Å². The number of benzene rings is 2.